The number of anilines is 1. The maximum Gasteiger partial charge on any atom is 0.362 e. The molecular weight excluding hydrogens is 478 g/mol. The number of carbonyl (C=O) groups excluding carboxylic acids is 1. The maximum atomic E-state index is 14.1. The van der Waals surface area contributed by atoms with E-state index in [1.165, 1.54) is 0 Å². The molecule has 2 aromatic carbocycles. The summed E-state index contributed by atoms with van der Waals surface area (Å²) in [4.78, 5) is 31.7. The van der Waals surface area contributed by atoms with E-state index in [1.54, 1.807) is 27.5 Å². The van der Waals surface area contributed by atoms with Crippen LogP contribution in [0.5, 0.6) is 0 Å². The summed E-state index contributed by atoms with van der Waals surface area (Å²) in [6.45, 7) is 5.44. The number of carbonyl (C=O) groups is 1. The van der Waals surface area contributed by atoms with Crippen molar-refractivity contribution in [1.29, 1.82) is 0 Å². The number of amides is 1. The van der Waals surface area contributed by atoms with Gasteiger partial charge in [-0.3, -0.25) is 14.2 Å². The largest absolute Gasteiger partial charge is 0.382 e. The molecule has 0 aliphatic heterocycles. The Hall–Kier alpha value is -4.94. The summed E-state index contributed by atoms with van der Waals surface area (Å²) >= 11 is 0. The summed E-state index contributed by atoms with van der Waals surface area (Å²) in [5.74, 6) is 5.88. The Balaban J connectivity index is 1.66. The standard InChI is InChI=1S/C29H27N7O2/c1-18(33-27(37)24-25(30)34-35-16-8-15-32-26(24)35)22-17-20-10-7-9-19(13-14-29(2,3)31)23(20)28(38)36(22)21-11-5-4-6-12-21/h4-12,15-18H,31H2,1-3H3,(H3,30,33,34,37)/p+1. The highest BCUT2D eigenvalue weighted by molar-refractivity contribution is 6.03. The fourth-order valence-corrected chi connectivity index (χ4v) is 4.40. The number of para-hydroxylation sites is 1. The van der Waals surface area contributed by atoms with Crippen LogP contribution < -0.4 is 26.9 Å². The molecule has 0 fully saturated rings. The average molecular weight is 507 g/mol. The van der Waals surface area contributed by atoms with Crippen molar-refractivity contribution in [2.24, 2.45) is 5.73 Å². The second-order valence-corrected chi connectivity index (χ2v) is 9.70. The van der Waals surface area contributed by atoms with Gasteiger partial charge in [-0.05, 0) is 55.4 Å². The molecule has 5 rings (SSSR count). The number of H-pyrrole nitrogens is 1. The molecule has 0 bridgehead atoms. The number of fused-ring (bicyclic) bond motifs is 2. The van der Waals surface area contributed by atoms with Crippen molar-refractivity contribution in [1.82, 2.24) is 20.0 Å². The fourth-order valence-electron chi connectivity index (χ4n) is 4.40. The van der Waals surface area contributed by atoms with Crippen LogP contribution in [0.3, 0.4) is 0 Å². The number of nitrogens with two attached hydrogens (primary N) is 2. The van der Waals surface area contributed by atoms with Crippen molar-refractivity contribution in [3.63, 3.8) is 0 Å². The molecule has 1 unspecified atom stereocenters. The first-order valence-electron chi connectivity index (χ1n) is 12.1. The van der Waals surface area contributed by atoms with Gasteiger partial charge in [0.05, 0.1) is 17.0 Å². The normalized spacial score (nSPS) is 12.2. The van der Waals surface area contributed by atoms with E-state index in [4.69, 9.17) is 11.5 Å². The van der Waals surface area contributed by atoms with E-state index in [1.807, 2.05) is 75.4 Å². The van der Waals surface area contributed by atoms with Crippen LogP contribution in [0.1, 0.15) is 48.4 Å². The van der Waals surface area contributed by atoms with Crippen molar-refractivity contribution in [2.45, 2.75) is 32.4 Å². The zero-order valence-corrected chi connectivity index (χ0v) is 21.3. The SMILES string of the molecule is CC(NC(=O)c1c(N)[nH][n+]2cccnc12)c1cc2cccc(C#CC(C)(C)N)c2c(=O)n1-c1ccccc1. The van der Waals surface area contributed by atoms with E-state index in [-0.39, 0.29) is 16.9 Å². The van der Waals surface area contributed by atoms with Crippen LogP contribution in [-0.4, -0.2) is 26.1 Å². The monoisotopic (exact) mass is 506 g/mol. The molecule has 0 radical (unpaired) electrons. The van der Waals surface area contributed by atoms with Crippen molar-refractivity contribution in [2.75, 3.05) is 5.73 Å². The third-order valence-corrected chi connectivity index (χ3v) is 6.11. The number of aromatic amines is 1. The minimum Gasteiger partial charge on any atom is -0.382 e. The Labute approximate surface area is 219 Å². The number of hydrogen-bond acceptors (Lipinski definition) is 5. The first-order valence-corrected chi connectivity index (χ1v) is 12.1. The molecule has 9 heteroatoms. The van der Waals surface area contributed by atoms with Crippen LogP contribution in [0, 0.1) is 11.8 Å². The predicted molar refractivity (Wildman–Crippen MR) is 147 cm³/mol. The lowest BCUT2D eigenvalue weighted by atomic mass is 10.0. The van der Waals surface area contributed by atoms with E-state index in [9.17, 15) is 9.59 Å². The second-order valence-electron chi connectivity index (χ2n) is 9.70. The highest BCUT2D eigenvalue weighted by atomic mass is 16.2. The van der Waals surface area contributed by atoms with Gasteiger partial charge in [-0.15, -0.1) is 4.52 Å². The van der Waals surface area contributed by atoms with Crippen LogP contribution in [-0.2, 0) is 0 Å². The van der Waals surface area contributed by atoms with Gasteiger partial charge in [-0.1, -0.05) is 42.2 Å². The molecule has 1 atom stereocenters. The van der Waals surface area contributed by atoms with Gasteiger partial charge in [-0.2, -0.15) is 0 Å². The molecule has 6 N–H and O–H groups in total. The lowest BCUT2D eigenvalue weighted by Gasteiger charge is -2.21. The van der Waals surface area contributed by atoms with Crippen molar-refractivity contribution >= 4 is 28.1 Å². The van der Waals surface area contributed by atoms with Gasteiger partial charge >= 0.3 is 5.65 Å². The molecule has 0 saturated carbocycles. The van der Waals surface area contributed by atoms with E-state index in [0.717, 1.165) is 0 Å². The van der Waals surface area contributed by atoms with Crippen LogP contribution in [0.15, 0.2) is 77.9 Å². The van der Waals surface area contributed by atoms with E-state index in [0.29, 0.717) is 33.4 Å². The van der Waals surface area contributed by atoms with Crippen LogP contribution in [0.2, 0.25) is 0 Å². The number of benzene rings is 2. The minimum atomic E-state index is -0.712. The zero-order valence-electron chi connectivity index (χ0n) is 21.3. The Morgan fingerprint density at radius 2 is 1.92 bits per heavy atom. The quantitative estimate of drug-likeness (QED) is 0.219. The summed E-state index contributed by atoms with van der Waals surface area (Å²) < 4.78 is 3.19. The van der Waals surface area contributed by atoms with Gasteiger partial charge in [0.15, 0.2) is 11.4 Å². The summed E-state index contributed by atoms with van der Waals surface area (Å²) in [6.07, 6.45) is 3.31. The topological polar surface area (TPSA) is 136 Å². The highest BCUT2D eigenvalue weighted by Crippen LogP contribution is 2.24. The van der Waals surface area contributed by atoms with Crippen molar-refractivity contribution in [3.8, 4) is 17.5 Å². The lowest BCUT2D eigenvalue weighted by molar-refractivity contribution is -0.577. The fraction of sp³-hybridized carbons (Fsp3) is 0.172. The first-order chi connectivity index (χ1) is 18.1. The number of aromatic nitrogens is 4. The summed E-state index contributed by atoms with van der Waals surface area (Å²) in [7, 11) is 0. The Morgan fingerprint density at radius 3 is 2.66 bits per heavy atom. The molecule has 3 aromatic heterocycles. The number of nitrogens with one attached hydrogen (secondary N) is 2. The van der Waals surface area contributed by atoms with Crippen LogP contribution in [0.25, 0.3) is 22.1 Å². The molecule has 1 amide bonds. The first kappa shape index (κ1) is 24.7. The van der Waals surface area contributed by atoms with Gasteiger partial charge < -0.3 is 16.8 Å². The number of nitrogen functional groups attached to an aromatic ring is 1. The second kappa shape index (κ2) is 9.50. The summed E-state index contributed by atoms with van der Waals surface area (Å²) in [6, 6.07) is 17.9. The molecule has 38 heavy (non-hydrogen) atoms. The highest BCUT2D eigenvalue weighted by Gasteiger charge is 2.27. The molecule has 0 aliphatic rings. The summed E-state index contributed by atoms with van der Waals surface area (Å²) in [5, 5.41) is 7.11. The van der Waals surface area contributed by atoms with E-state index < -0.39 is 17.5 Å². The van der Waals surface area contributed by atoms with Gasteiger partial charge in [0, 0.05) is 23.0 Å². The summed E-state index contributed by atoms with van der Waals surface area (Å²) in [5.41, 5.74) is 13.7. The van der Waals surface area contributed by atoms with E-state index >= 15 is 0 Å². The minimum absolute atomic E-state index is 0.193. The van der Waals surface area contributed by atoms with Gasteiger partial charge in [0.1, 0.15) is 12.4 Å². The maximum absolute atomic E-state index is 14.1. The molecule has 9 nitrogen and oxygen atoms in total. The van der Waals surface area contributed by atoms with Gasteiger partial charge in [0.2, 0.25) is 0 Å². The van der Waals surface area contributed by atoms with Crippen molar-refractivity contribution in [3.05, 3.63) is 100 Å². The molecule has 0 spiro atoms. The smallest absolute Gasteiger partial charge is 0.362 e. The van der Waals surface area contributed by atoms with Gasteiger partial charge in [-0.25, -0.2) is 5.10 Å². The molecular formula is C29H28N7O2+. The number of pyridine rings is 1. The Kier molecular flexibility index (Phi) is 6.18. The van der Waals surface area contributed by atoms with Gasteiger partial charge in [0.25, 0.3) is 11.5 Å². The van der Waals surface area contributed by atoms with Crippen LogP contribution >= 0.6 is 0 Å². The molecule has 3 heterocycles. The Bertz CT molecular complexity index is 1800. The third-order valence-electron chi connectivity index (χ3n) is 6.11. The third kappa shape index (κ3) is 4.61. The lowest BCUT2D eigenvalue weighted by Crippen LogP contribution is -2.33. The average Bonchev–Trinajstić information content (AvgIpc) is 3.23. The number of rotatable bonds is 4. The van der Waals surface area contributed by atoms with E-state index in [2.05, 4.69) is 27.2 Å². The molecule has 5 aromatic rings. The zero-order chi connectivity index (χ0) is 27.0. The molecule has 190 valence electrons. The molecule has 0 aliphatic carbocycles. The van der Waals surface area contributed by atoms with Crippen LogP contribution in [0.4, 0.5) is 5.82 Å². The number of hydrogen-bond donors (Lipinski definition) is 4. The van der Waals surface area contributed by atoms with Crippen molar-refractivity contribution < 1.29 is 9.31 Å². The Morgan fingerprint density at radius 1 is 1.16 bits per heavy atom. The molecule has 0 saturated heterocycles. The number of nitrogens with zero attached hydrogens (tertiary/aromatic N) is 3. The predicted octanol–water partition coefficient (Wildman–Crippen LogP) is 2.61.